The van der Waals surface area contributed by atoms with Crippen molar-refractivity contribution in [2.45, 2.75) is 64.1 Å². The van der Waals surface area contributed by atoms with Gasteiger partial charge in [-0.1, -0.05) is 0 Å². The fourth-order valence-electron chi connectivity index (χ4n) is 5.26. The van der Waals surface area contributed by atoms with Crippen molar-refractivity contribution in [3.8, 4) is 0 Å². The first-order valence-corrected chi connectivity index (χ1v) is 12.0. The average Bonchev–Trinajstić information content (AvgIpc) is 2.86. The quantitative estimate of drug-likeness (QED) is 0.275. The fraction of sp³-hybridized carbons (Fsp3) is 0.385. The highest BCUT2D eigenvalue weighted by Gasteiger charge is 2.36. The van der Waals surface area contributed by atoms with Crippen LogP contribution in [0.2, 0.25) is 0 Å². The van der Waals surface area contributed by atoms with Gasteiger partial charge in [-0.3, -0.25) is 19.3 Å². The third-order valence-electron chi connectivity index (χ3n) is 7.03. The zero-order chi connectivity index (χ0) is 26.3. The molecule has 1 saturated carbocycles. The number of nitrogens with zero attached hydrogens (tertiary/aromatic N) is 6. The minimum Gasteiger partial charge on any atom is -0.285 e. The molecule has 0 aliphatic heterocycles. The van der Waals surface area contributed by atoms with E-state index in [1.54, 1.807) is 25.3 Å². The molecule has 0 saturated heterocycles. The van der Waals surface area contributed by atoms with E-state index in [4.69, 9.17) is 0 Å². The van der Waals surface area contributed by atoms with Crippen LogP contribution >= 0.6 is 0 Å². The van der Waals surface area contributed by atoms with Gasteiger partial charge >= 0.3 is 6.18 Å². The Morgan fingerprint density at radius 1 is 0.973 bits per heavy atom. The number of hydrogen-bond acceptors (Lipinski definition) is 6. The highest BCUT2D eigenvalue weighted by atomic mass is 19.4. The summed E-state index contributed by atoms with van der Waals surface area (Å²) in [7, 11) is 0. The van der Waals surface area contributed by atoms with E-state index in [0.717, 1.165) is 11.8 Å². The minimum atomic E-state index is -4.72. The monoisotopic (exact) mass is 512 g/mol. The molecule has 7 nitrogen and oxygen atoms in total. The summed E-state index contributed by atoms with van der Waals surface area (Å²) in [6.45, 7) is 3.11. The van der Waals surface area contributed by atoms with Gasteiger partial charge < -0.3 is 0 Å². The molecule has 4 aromatic rings. The first-order valence-electron chi connectivity index (χ1n) is 12.0. The Morgan fingerprint density at radius 3 is 2.38 bits per heavy atom. The molecule has 192 valence electrons. The van der Waals surface area contributed by atoms with Gasteiger partial charge in [-0.05, 0) is 69.1 Å². The van der Waals surface area contributed by atoms with Gasteiger partial charge in [0, 0.05) is 35.9 Å². The molecule has 0 bridgehead atoms. The molecule has 4 aromatic heterocycles. The summed E-state index contributed by atoms with van der Waals surface area (Å²) in [5.74, 6) is -0.623. The lowest BCUT2D eigenvalue weighted by Gasteiger charge is -2.30. The van der Waals surface area contributed by atoms with Crippen LogP contribution in [0.25, 0.3) is 11.2 Å². The molecule has 5 rings (SSSR count). The first-order chi connectivity index (χ1) is 17.6. The van der Waals surface area contributed by atoms with Crippen LogP contribution in [0.3, 0.4) is 0 Å². The van der Waals surface area contributed by atoms with Crippen molar-refractivity contribution in [2.75, 3.05) is 0 Å². The molecular weight excluding hydrogens is 488 g/mol. The van der Waals surface area contributed by atoms with Crippen molar-refractivity contribution >= 4 is 11.2 Å². The Morgan fingerprint density at radius 2 is 1.68 bits per heavy atom. The van der Waals surface area contributed by atoms with Crippen molar-refractivity contribution in [1.82, 2.24) is 29.5 Å². The molecule has 0 spiro atoms. The molecule has 0 N–H and O–H groups in total. The van der Waals surface area contributed by atoms with E-state index in [1.807, 2.05) is 6.92 Å². The number of hydrogen-bond donors (Lipinski definition) is 0. The van der Waals surface area contributed by atoms with Crippen LogP contribution in [0.15, 0.2) is 41.7 Å². The van der Waals surface area contributed by atoms with Gasteiger partial charge in [0.1, 0.15) is 5.52 Å². The number of fused-ring (bicyclic) bond motifs is 1. The Hall–Kier alpha value is -3.76. The van der Waals surface area contributed by atoms with Crippen molar-refractivity contribution in [1.29, 1.82) is 0 Å². The maximum atomic E-state index is 14.4. The third-order valence-corrected chi connectivity index (χ3v) is 7.03. The highest BCUT2D eigenvalue weighted by Crippen LogP contribution is 2.41. The molecule has 1 fully saturated rings. The van der Waals surface area contributed by atoms with Crippen LogP contribution in [0.4, 0.5) is 17.6 Å². The largest absolute Gasteiger partial charge is 0.435 e. The first kappa shape index (κ1) is 24.9. The number of halogens is 4. The standard InChI is InChI=1S/C26H24F4N6O/c1-14-7-8-33-23(27)21(14)17-5-3-16(4-6-17)18-11-19-24(35-15(2)12-34-19)36(25(18)37)13-20-22(26(28,29)30)32-10-9-31-20/h7-12,16-17H,3-6,13H2,1-2H3/t16-,17-. The smallest absolute Gasteiger partial charge is 0.285 e. The molecular formula is C26H24F4N6O. The number of aromatic nitrogens is 6. The van der Waals surface area contributed by atoms with E-state index in [1.165, 1.54) is 17.0 Å². The van der Waals surface area contributed by atoms with Crippen molar-refractivity contribution in [3.05, 3.63) is 87.0 Å². The molecule has 0 radical (unpaired) electrons. The van der Waals surface area contributed by atoms with Gasteiger partial charge in [-0.15, -0.1) is 0 Å². The highest BCUT2D eigenvalue weighted by molar-refractivity contribution is 5.71. The molecule has 0 aromatic carbocycles. The second-order valence-electron chi connectivity index (χ2n) is 9.44. The summed E-state index contributed by atoms with van der Waals surface area (Å²) in [6.07, 6.45) is 2.98. The lowest BCUT2D eigenvalue weighted by molar-refractivity contribution is -0.142. The summed E-state index contributed by atoms with van der Waals surface area (Å²) in [5, 5.41) is 0. The topological polar surface area (TPSA) is 86.5 Å². The van der Waals surface area contributed by atoms with E-state index in [-0.39, 0.29) is 23.2 Å². The normalized spacial score (nSPS) is 18.3. The van der Waals surface area contributed by atoms with Gasteiger partial charge in [0.05, 0.1) is 17.9 Å². The summed E-state index contributed by atoms with van der Waals surface area (Å²) >= 11 is 0. The Kier molecular flexibility index (Phi) is 6.47. The Bertz CT molecular complexity index is 1510. The van der Waals surface area contributed by atoms with Crippen LogP contribution in [0.5, 0.6) is 0 Å². The third kappa shape index (κ3) is 4.82. The van der Waals surface area contributed by atoms with E-state index >= 15 is 0 Å². The van der Waals surface area contributed by atoms with E-state index in [0.29, 0.717) is 48.0 Å². The molecule has 0 amide bonds. The zero-order valence-corrected chi connectivity index (χ0v) is 20.3. The predicted molar refractivity (Wildman–Crippen MR) is 128 cm³/mol. The van der Waals surface area contributed by atoms with Crippen LogP contribution in [0.1, 0.15) is 71.3 Å². The molecule has 1 aliphatic carbocycles. The van der Waals surface area contributed by atoms with Gasteiger partial charge in [0.15, 0.2) is 11.3 Å². The summed E-state index contributed by atoms with van der Waals surface area (Å²) in [4.78, 5) is 33.7. The Labute approximate surface area is 209 Å². The van der Waals surface area contributed by atoms with E-state index in [2.05, 4.69) is 24.9 Å². The fourth-order valence-corrected chi connectivity index (χ4v) is 5.26. The van der Waals surface area contributed by atoms with Crippen molar-refractivity contribution in [3.63, 3.8) is 0 Å². The van der Waals surface area contributed by atoms with E-state index < -0.39 is 29.9 Å². The van der Waals surface area contributed by atoms with Gasteiger partial charge in [0.2, 0.25) is 5.95 Å². The predicted octanol–water partition coefficient (Wildman–Crippen LogP) is 5.24. The number of aryl methyl sites for hydroxylation is 2. The van der Waals surface area contributed by atoms with Crippen molar-refractivity contribution < 1.29 is 17.6 Å². The van der Waals surface area contributed by atoms with Gasteiger partial charge in [-0.25, -0.2) is 15.0 Å². The molecule has 4 heterocycles. The lowest BCUT2D eigenvalue weighted by Crippen LogP contribution is -2.30. The Balaban J connectivity index is 1.53. The van der Waals surface area contributed by atoms with Gasteiger partial charge in [0.25, 0.3) is 5.56 Å². The SMILES string of the molecule is Cc1cnc2cc([C@H]3CC[C@H](c4c(C)ccnc4F)CC3)c(=O)n(Cc3nccnc3C(F)(F)F)c2n1. The second-order valence-corrected chi connectivity index (χ2v) is 9.44. The van der Waals surface area contributed by atoms with Crippen LogP contribution < -0.4 is 5.56 Å². The molecule has 11 heteroatoms. The maximum Gasteiger partial charge on any atom is 0.435 e. The number of rotatable bonds is 4. The summed E-state index contributed by atoms with van der Waals surface area (Å²) in [6, 6.07) is 3.47. The van der Waals surface area contributed by atoms with Crippen LogP contribution in [-0.4, -0.2) is 29.5 Å². The number of pyridine rings is 2. The van der Waals surface area contributed by atoms with Gasteiger partial charge in [-0.2, -0.15) is 17.6 Å². The minimum absolute atomic E-state index is 0.0102. The second kappa shape index (κ2) is 9.60. The molecule has 0 atom stereocenters. The van der Waals surface area contributed by atoms with Crippen molar-refractivity contribution in [2.24, 2.45) is 0 Å². The zero-order valence-electron chi connectivity index (χ0n) is 20.3. The van der Waals surface area contributed by atoms with Crippen LogP contribution in [-0.2, 0) is 12.7 Å². The molecule has 37 heavy (non-hydrogen) atoms. The maximum absolute atomic E-state index is 14.4. The van der Waals surface area contributed by atoms with E-state index in [9.17, 15) is 22.4 Å². The summed E-state index contributed by atoms with van der Waals surface area (Å²) in [5.41, 5.74) is 1.10. The summed E-state index contributed by atoms with van der Waals surface area (Å²) < 4.78 is 56.4. The average molecular weight is 513 g/mol. The lowest BCUT2D eigenvalue weighted by atomic mass is 9.75. The molecule has 0 unspecified atom stereocenters. The van der Waals surface area contributed by atoms with Crippen LogP contribution in [0, 0.1) is 19.8 Å². The number of alkyl halides is 3. The molecule has 1 aliphatic rings.